The Labute approximate surface area is 191 Å². The van der Waals surface area contributed by atoms with Crippen molar-refractivity contribution >= 4 is 11.6 Å². The van der Waals surface area contributed by atoms with Crippen LogP contribution in [0, 0.1) is 13.8 Å². The number of nitrogens with zero attached hydrogens (tertiary/aromatic N) is 4. The average molecular weight is 435 g/mol. The van der Waals surface area contributed by atoms with Gasteiger partial charge in [0.2, 0.25) is 0 Å². The maximum atomic E-state index is 13.5. The Bertz CT molecular complexity index is 995. The Morgan fingerprint density at radius 3 is 2.53 bits per heavy atom. The Hall–Kier alpha value is -2.70. The van der Waals surface area contributed by atoms with Crippen molar-refractivity contribution in [3.8, 4) is 5.75 Å². The van der Waals surface area contributed by atoms with Crippen molar-refractivity contribution in [1.82, 2.24) is 14.8 Å². The largest absolute Gasteiger partial charge is 0.497 e. The van der Waals surface area contributed by atoms with E-state index in [0.29, 0.717) is 13.0 Å². The lowest BCUT2D eigenvalue weighted by atomic mass is 9.94. The normalized spacial score (nSPS) is 19.8. The molecule has 1 saturated heterocycles. The molecule has 1 fully saturated rings. The molecule has 1 atom stereocenters. The monoisotopic (exact) mass is 434 g/mol. The van der Waals surface area contributed by atoms with Gasteiger partial charge in [0, 0.05) is 38.2 Å². The Morgan fingerprint density at radius 1 is 1.06 bits per heavy atom. The molecule has 6 heteroatoms. The van der Waals surface area contributed by atoms with E-state index in [4.69, 9.17) is 9.84 Å². The first kappa shape index (κ1) is 22.5. The number of aryl methyl sites for hydroxylation is 2. The summed E-state index contributed by atoms with van der Waals surface area (Å²) in [5.41, 5.74) is 5.50. The molecule has 0 radical (unpaired) electrons. The molecule has 4 rings (SSSR count). The van der Waals surface area contributed by atoms with Gasteiger partial charge < -0.3 is 9.64 Å². The minimum Gasteiger partial charge on any atom is -0.497 e. The van der Waals surface area contributed by atoms with Crippen LogP contribution in [0.4, 0.5) is 0 Å². The molecule has 2 aromatic rings. The van der Waals surface area contributed by atoms with Gasteiger partial charge in [0.1, 0.15) is 5.75 Å². The second-order valence-electron chi connectivity index (χ2n) is 8.81. The summed E-state index contributed by atoms with van der Waals surface area (Å²) in [5.74, 6) is 0.866. The molecule has 2 aliphatic rings. The van der Waals surface area contributed by atoms with Crippen LogP contribution in [0.5, 0.6) is 5.75 Å². The van der Waals surface area contributed by atoms with E-state index < -0.39 is 0 Å². The molecule has 6 nitrogen and oxygen atoms in total. The average Bonchev–Trinajstić information content (AvgIpc) is 3.27. The zero-order chi connectivity index (χ0) is 22.7. The first-order valence-electron chi connectivity index (χ1n) is 11.5. The van der Waals surface area contributed by atoms with Gasteiger partial charge in [0.25, 0.3) is 5.91 Å². The van der Waals surface area contributed by atoms with Gasteiger partial charge in [-0.25, -0.2) is 5.01 Å². The number of hydrogen-bond donors (Lipinski definition) is 0. The maximum absolute atomic E-state index is 13.5. The van der Waals surface area contributed by atoms with Crippen molar-refractivity contribution in [3.05, 3.63) is 64.7 Å². The van der Waals surface area contributed by atoms with E-state index in [9.17, 15) is 4.79 Å². The minimum atomic E-state index is -0.0828. The highest BCUT2D eigenvalue weighted by molar-refractivity contribution is 6.03. The Morgan fingerprint density at radius 2 is 1.81 bits per heavy atom. The van der Waals surface area contributed by atoms with Crippen molar-refractivity contribution in [3.63, 3.8) is 0 Å². The summed E-state index contributed by atoms with van der Waals surface area (Å²) in [7, 11) is 1.67. The van der Waals surface area contributed by atoms with E-state index in [1.165, 1.54) is 16.7 Å². The van der Waals surface area contributed by atoms with Gasteiger partial charge in [-0.2, -0.15) is 5.10 Å². The van der Waals surface area contributed by atoms with Crippen molar-refractivity contribution < 1.29 is 9.53 Å². The number of methoxy groups -OCH3 is 1. The number of hydrogen-bond acceptors (Lipinski definition) is 5. The fourth-order valence-electron chi connectivity index (χ4n) is 4.61. The van der Waals surface area contributed by atoms with E-state index >= 15 is 0 Å². The molecule has 2 aromatic carbocycles. The summed E-state index contributed by atoms with van der Waals surface area (Å²) >= 11 is 0. The standard InChI is InChI=1S/C26H34N4O2/c1-5-28-11-13-29(14-12-28)18-26(31)30-25(23-15-19(2)9-10-20(23)3)17-24(27-30)21-7-6-8-22(16-21)32-4/h6-10,15-16,25H,5,11-14,17-18H2,1-4H3/t25-/m1/s1. The Balaban J connectivity index is 1.60. The first-order chi connectivity index (χ1) is 15.5. The third kappa shape index (κ3) is 4.87. The molecule has 32 heavy (non-hydrogen) atoms. The van der Waals surface area contributed by atoms with Crippen LogP contribution in [0.1, 0.15) is 41.6 Å². The van der Waals surface area contributed by atoms with Crippen LogP contribution in [-0.2, 0) is 4.79 Å². The van der Waals surface area contributed by atoms with E-state index in [2.05, 4.69) is 48.8 Å². The molecule has 0 N–H and O–H groups in total. The summed E-state index contributed by atoms with van der Waals surface area (Å²) in [5, 5.41) is 6.61. The zero-order valence-electron chi connectivity index (χ0n) is 19.7. The lowest BCUT2D eigenvalue weighted by molar-refractivity contribution is -0.134. The van der Waals surface area contributed by atoms with E-state index in [-0.39, 0.29) is 11.9 Å². The number of likely N-dealkylation sites (N-methyl/N-ethyl adjacent to an activating group) is 1. The zero-order valence-corrected chi connectivity index (χ0v) is 19.7. The molecule has 0 unspecified atom stereocenters. The third-order valence-corrected chi connectivity index (χ3v) is 6.63. The maximum Gasteiger partial charge on any atom is 0.257 e. The number of piperazine rings is 1. The van der Waals surface area contributed by atoms with Crippen LogP contribution >= 0.6 is 0 Å². The van der Waals surface area contributed by atoms with Crippen LogP contribution in [-0.4, -0.2) is 72.8 Å². The van der Waals surface area contributed by atoms with Gasteiger partial charge in [0.05, 0.1) is 25.4 Å². The number of carbonyl (C=O) groups excluding carboxylic acids is 1. The number of hydrazone groups is 1. The molecule has 0 bridgehead atoms. The molecular weight excluding hydrogens is 400 g/mol. The number of rotatable bonds is 6. The molecule has 1 amide bonds. The highest BCUT2D eigenvalue weighted by atomic mass is 16.5. The van der Waals surface area contributed by atoms with Gasteiger partial charge >= 0.3 is 0 Å². The fraction of sp³-hybridized carbons (Fsp3) is 0.462. The van der Waals surface area contributed by atoms with Crippen molar-refractivity contribution in [2.24, 2.45) is 5.10 Å². The molecule has 170 valence electrons. The highest BCUT2D eigenvalue weighted by Crippen LogP contribution is 2.35. The van der Waals surface area contributed by atoms with E-state index in [1.54, 1.807) is 12.1 Å². The van der Waals surface area contributed by atoms with Crippen molar-refractivity contribution in [1.29, 1.82) is 0 Å². The Kier molecular flexibility index (Phi) is 6.92. The molecule has 0 aliphatic carbocycles. The topological polar surface area (TPSA) is 48.4 Å². The SMILES string of the molecule is CCN1CCN(CC(=O)N2N=C(c3cccc(OC)c3)C[C@@H]2c2cc(C)ccc2C)CC1. The van der Waals surface area contributed by atoms with Crippen molar-refractivity contribution in [2.75, 3.05) is 46.4 Å². The third-order valence-electron chi connectivity index (χ3n) is 6.63. The van der Waals surface area contributed by atoms with Gasteiger partial charge in [0.15, 0.2) is 0 Å². The summed E-state index contributed by atoms with van der Waals surface area (Å²) < 4.78 is 5.41. The van der Waals surface area contributed by atoms with E-state index in [1.807, 2.05) is 24.3 Å². The van der Waals surface area contributed by atoms with Gasteiger partial charge in [-0.05, 0) is 43.7 Å². The van der Waals surface area contributed by atoms with Gasteiger partial charge in [-0.15, -0.1) is 0 Å². The van der Waals surface area contributed by atoms with Crippen molar-refractivity contribution in [2.45, 2.75) is 33.2 Å². The summed E-state index contributed by atoms with van der Waals surface area (Å²) in [6.07, 6.45) is 0.701. The van der Waals surface area contributed by atoms with Crippen LogP contribution in [0.15, 0.2) is 47.6 Å². The molecule has 0 spiro atoms. The predicted molar refractivity (Wildman–Crippen MR) is 128 cm³/mol. The van der Waals surface area contributed by atoms with Gasteiger partial charge in [-0.3, -0.25) is 9.69 Å². The second-order valence-corrected chi connectivity index (χ2v) is 8.81. The highest BCUT2D eigenvalue weighted by Gasteiger charge is 2.35. The smallest absolute Gasteiger partial charge is 0.257 e. The van der Waals surface area contributed by atoms with Crippen LogP contribution < -0.4 is 4.74 Å². The van der Waals surface area contributed by atoms with Crippen LogP contribution in [0.2, 0.25) is 0 Å². The van der Waals surface area contributed by atoms with Crippen LogP contribution in [0.25, 0.3) is 0 Å². The number of benzene rings is 2. The quantitative estimate of drug-likeness (QED) is 0.697. The molecule has 0 aromatic heterocycles. The summed E-state index contributed by atoms with van der Waals surface area (Å²) in [4.78, 5) is 18.2. The fourth-order valence-corrected chi connectivity index (χ4v) is 4.61. The minimum absolute atomic E-state index is 0.0683. The lowest BCUT2D eigenvalue weighted by Crippen LogP contribution is -2.49. The van der Waals surface area contributed by atoms with Gasteiger partial charge in [-0.1, -0.05) is 42.8 Å². The number of amides is 1. The summed E-state index contributed by atoms with van der Waals surface area (Å²) in [6.45, 7) is 11.8. The van der Waals surface area contributed by atoms with Crippen LogP contribution in [0.3, 0.4) is 0 Å². The molecule has 2 heterocycles. The lowest BCUT2D eigenvalue weighted by Gasteiger charge is -2.34. The number of carbonyl (C=O) groups is 1. The number of ether oxygens (including phenoxy) is 1. The predicted octanol–water partition coefficient (Wildman–Crippen LogP) is 3.63. The molecular formula is C26H34N4O2. The second kappa shape index (κ2) is 9.84. The first-order valence-corrected chi connectivity index (χ1v) is 11.5. The molecule has 0 saturated carbocycles. The molecule has 2 aliphatic heterocycles. The summed E-state index contributed by atoms with van der Waals surface area (Å²) in [6, 6.07) is 14.3. The van der Waals surface area contributed by atoms with E-state index in [0.717, 1.165) is 49.7 Å².